The van der Waals surface area contributed by atoms with Crippen molar-refractivity contribution in [1.82, 2.24) is 9.78 Å². The molecule has 4 nitrogen and oxygen atoms in total. The fraction of sp³-hybridized carbons (Fsp3) is 0. The lowest BCUT2D eigenvalue weighted by molar-refractivity contribution is 0.475. The van der Waals surface area contributed by atoms with Crippen LogP contribution in [0.4, 0.5) is 0 Å². The smallest absolute Gasteiger partial charge is 0.294 e. The fourth-order valence-electron chi connectivity index (χ4n) is 1.87. The summed E-state index contributed by atoms with van der Waals surface area (Å²) in [5.74, 6) is 0.796. The number of hydrogen-bond acceptors (Lipinski definition) is 3. The van der Waals surface area contributed by atoms with Crippen molar-refractivity contribution in [2.45, 2.75) is 0 Å². The van der Waals surface area contributed by atoms with Gasteiger partial charge >= 0.3 is 0 Å². The minimum atomic E-state index is -0.428. The maximum Gasteiger partial charge on any atom is 0.294 e. The molecular formula is C16H10BrClN2O2. The van der Waals surface area contributed by atoms with Crippen LogP contribution in [0.2, 0.25) is 5.02 Å². The van der Waals surface area contributed by atoms with E-state index in [1.165, 1.54) is 10.9 Å². The molecule has 0 atom stereocenters. The van der Waals surface area contributed by atoms with E-state index in [0.29, 0.717) is 11.4 Å². The molecule has 0 bridgehead atoms. The summed E-state index contributed by atoms with van der Waals surface area (Å²) in [6, 6.07) is 16.3. The molecule has 0 aliphatic rings. The van der Waals surface area contributed by atoms with Gasteiger partial charge in [-0.15, -0.1) is 0 Å². The average molecular weight is 378 g/mol. The van der Waals surface area contributed by atoms with Gasteiger partial charge in [-0.1, -0.05) is 45.7 Å². The lowest BCUT2D eigenvalue weighted by Crippen LogP contribution is -2.21. The molecule has 2 aromatic carbocycles. The standard InChI is InChI=1S/C16H10BrClN2O2/c17-11-6-8-13(9-7-11)22-14-10-19-20(16(21)15(14)18)12-4-2-1-3-5-12/h1-10H. The number of aromatic nitrogens is 2. The maximum atomic E-state index is 12.3. The van der Waals surface area contributed by atoms with Crippen LogP contribution in [0.25, 0.3) is 5.69 Å². The van der Waals surface area contributed by atoms with Gasteiger partial charge in [0.25, 0.3) is 5.56 Å². The summed E-state index contributed by atoms with van der Waals surface area (Å²) in [4.78, 5) is 12.3. The molecule has 3 aromatic rings. The van der Waals surface area contributed by atoms with Crippen molar-refractivity contribution in [3.8, 4) is 17.2 Å². The Hall–Kier alpha value is -2.11. The first-order chi connectivity index (χ1) is 10.6. The van der Waals surface area contributed by atoms with Crippen LogP contribution in [-0.4, -0.2) is 9.78 Å². The zero-order chi connectivity index (χ0) is 15.5. The van der Waals surface area contributed by atoms with Crippen LogP contribution < -0.4 is 10.3 Å². The van der Waals surface area contributed by atoms with Crippen LogP contribution in [0.5, 0.6) is 11.5 Å². The van der Waals surface area contributed by atoms with Crippen molar-refractivity contribution in [2.75, 3.05) is 0 Å². The van der Waals surface area contributed by atoms with E-state index in [-0.39, 0.29) is 10.8 Å². The first-order valence-electron chi connectivity index (χ1n) is 6.42. The summed E-state index contributed by atoms with van der Waals surface area (Å²) in [6.07, 6.45) is 1.43. The second-order valence-electron chi connectivity index (χ2n) is 4.43. The van der Waals surface area contributed by atoms with Gasteiger partial charge in [-0.2, -0.15) is 9.78 Å². The van der Waals surface area contributed by atoms with Crippen molar-refractivity contribution in [2.24, 2.45) is 0 Å². The molecule has 22 heavy (non-hydrogen) atoms. The normalized spacial score (nSPS) is 10.5. The predicted octanol–water partition coefficient (Wildman–Crippen LogP) is 4.44. The molecule has 110 valence electrons. The zero-order valence-electron chi connectivity index (χ0n) is 11.2. The first-order valence-corrected chi connectivity index (χ1v) is 7.59. The minimum absolute atomic E-state index is 0.0122. The average Bonchev–Trinajstić information content (AvgIpc) is 2.55. The molecule has 0 aliphatic heterocycles. The predicted molar refractivity (Wildman–Crippen MR) is 89.1 cm³/mol. The van der Waals surface area contributed by atoms with E-state index in [2.05, 4.69) is 21.0 Å². The van der Waals surface area contributed by atoms with Gasteiger partial charge in [0.05, 0.1) is 11.9 Å². The molecule has 1 heterocycles. The van der Waals surface area contributed by atoms with E-state index in [1.54, 1.807) is 24.3 Å². The molecule has 3 rings (SSSR count). The number of benzene rings is 2. The van der Waals surface area contributed by atoms with E-state index >= 15 is 0 Å². The summed E-state index contributed by atoms with van der Waals surface area (Å²) < 4.78 is 7.77. The second-order valence-corrected chi connectivity index (χ2v) is 5.72. The van der Waals surface area contributed by atoms with Gasteiger partial charge in [-0.25, -0.2) is 0 Å². The van der Waals surface area contributed by atoms with Crippen LogP contribution in [0.1, 0.15) is 0 Å². The number of rotatable bonds is 3. The summed E-state index contributed by atoms with van der Waals surface area (Å²) in [5.41, 5.74) is 0.215. The Morgan fingerprint density at radius 2 is 1.73 bits per heavy atom. The molecule has 6 heteroatoms. The van der Waals surface area contributed by atoms with E-state index in [0.717, 1.165) is 4.47 Å². The highest BCUT2D eigenvalue weighted by Crippen LogP contribution is 2.27. The molecular weight excluding hydrogens is 368 g/mol. The van der Waals surface area contributed by atoms with Crippen molar-refractivity contribution in [3.63, 3.8) is 0 Å². The maximum absolute atomic E-state index is 12.3. The van der Waals surface area contributed by atoms with E-state index < -0.39 is 5.56 Å². The highest BCUT2D eigenvalue weighted by atomic mass is 79.9. The number of para-hydroxylation sites is 1. The highest BCUT2D eigenvalue weighted by molar-refractivity contribution is 9.10. The first kappa shape index (κ1) is 14.8. The zero-order valence-corrected chi connectivity index (χ0v) is 13.6. The lowest BCUT2D eigenvalue weighted by atomic mass is 10.3. The van der Waals surface area contributed by atoms with Gasteiger partial charge in [0.1, 0.15) is 5.75 Å². The van der Waals surface area contributed by atoms with E-state index in [4.69, 9.17) is 16.3 Å². The van der Waals surface area contributed by atoms with Crippen molar-refractivity contribution in [3.05, 3.63) is 80.6 Å². The Kier molecular flexibility index (Phi) is 4.27. The largest absolute Gasteiger partial charge is 0.454 e. The Balaban J connectivity index is 1.96. The summed E-state index contributed by atoms with van der Waals surface area (Å²) >= 11 is 9.47. The molecule has 1 aromatic heterocycles. The molecule has 0 saturated carbocycles. The molecule has 0 aliphatic carbocycles. The number of halogens is 2. The summed E-state index contributed by atoms with van der Waals surface area (Å²) in [6.45, 7) is 0. The van der Waals surface area contributed by atoms with E-state index in [1.807, 2.05) is 30.3 Å². The molecule has 0 N–H and O–H groups in total. The van der Waals surface area contributed by atoms with Gasteiger partial charge in [0.2, 0.25) is 0 Å². The third-order valence-corrected chi connectivity index (χ3v) is 3.81. The Bertz CT molecular complexity index is 848. The Morgan fingerprint density at radius 1 is 1.05 bits per heavy atom. The molecule has 0 fully saturated rings. The quantitative estimate of drug-likeness (QED) is 0.678. The van der Waals surface area contributed by atoms with Crippen molar-refractivity contribution in [1.29, 1.82) is 0 Å². The second kappa shape index (κ2) is 6.34. The SMILES string of the molecule is O=c1c(Cl)c(Oc2ccc(Br)cc2)cnn1-c1ccccc1. The Labute approximate surface area is 140 Å². The number of nitrogens with zero attached hydrogens (tertiary/aromatic N) is 2. The van der Waals surface area contributed by atoms with Crippen LogP contribution in [-0.2, 0) is 0 Å². The third-order valence-electron chi connectivity index (χ3n) is 2.93. The topological polar surface area (TPSA) is 44.1 Å². The molecule has 0 saturated heterocycles. The number of hydrogen-bond donors (Lipinski definition) is 0. The van der Waals surface area contributed by atoms with Crippen LogP contribution in [0.15, 0.2) is 70.1 Å². The summed E-state index contributed by atoms with van der Waals surface area (Å²) in [5, 5.41) is 4.10. The third kappa shape index (κ3) is 3.05. The van der Waals surface area contributed by atoms with Crippen LogP contribution >= 0.6 is 27.5 Å². The van der Waals surface area contributed by atoms with Crippen molar-refractivity contribution < 1.29 is 4.74 Å². The monoisotopic (exact) mass is 376 g/mol. The van der Waals surface area contributed by atoms with Gasteiger partial charge in [-0.05, 0) is 36.4 Å². The molecule has 0 radical (unpaired) electrons. The lowest BCUT2D eigenvalue weighted by Gasteiger charge is -2.09. The van der Waals surface area contributed by atoms with Crippen molar-refractivity contribution >= 4 is 27.5 Å². The number of ether oxygens (including phenoxy) is 1. The van der Waals surface area contributed by atoms with Crippen LogP contribution in [0.3, 0.4) is 0 Å². The van der Waals surface area contributed by atoms with E-state index in [9.17, 15) is 4.79 Å². The van der Waals surface area contributed by atoms with Gasteiger partial charge in [0.15, 0.2) is 10.8 Å². The fourth-order valence-corrected chi connectivity index (χ4v) is 2.30. The van der Waals surface area contributed by atoms with Gasteiger partial charge < -0.3 is 4.74 Å². The van der Waals surface area contributed by atoms with Crippen LogP contribution in [0, 0.1) is 0 Å². The Morgan fingerprint density at radius 3 is 2.41 bits per heavy atom. The van der Waals surface area contributed by atoms with Gasteiger partial charge in [-0.3, -0.25) is 4.79 Å². The van der Waals surface area contributed by atoms with Gasteiger partial charge in [0, 0.05) is 4.47 Å². The minimum Gasteiger partial charge on any atom is -0.454 e. The highest BCUT2D eigenvalue weighted by Gasteiger charge is 2.12. The molecule has 0 spiro atoms. The summed E-state index contributed by atoms with van der Waals surface area (Å²) in [7, 11) is 0. The molecule has 0 unspecified atom stereocenters. The molecule has 0 amide bonds.